The number of aliphatic hydroxyl groups excluding tert-OH is 2. The number of aliphatic hydroxyl groups is 2. The van der Waals surface area contributed by atoms with Crippen LogP contribution in [0.4, 0.5) is 0 Å². The summed E-state index contributed by atoms with van der Waals surface area (Å²) in [5.41, 5.74) is 0. The Morgan fingerprint density at radius 3 is 1.17 bits per heavy atom. The van der Waals surface area contributed by atoms with Gasteiger partial charge in [0.2, 0.25) is 5.91 Å². The molecule has 388 valence electrons. The Balaban J connectivity index is 3.46. The number of esters is 1. The summed E-state index contributed by atoms with van der Waals surface area (Å²) in [6, 6.07) is -0.548. The first-order valence-electron chi connectivity index (χ1n) is 29.3. The van der Waals surface area contributed by atoms with Crippen LogP contribution >= 0.6 is 0 Å². The summed E-state index contributed by atoms with van der Waals surface area (Å²) < 4.78 is 5.46. The molecule has 0 saturated carbocycles. The van der Waals surface area contributed by atoms with Crippen molar-refractivity contribution in [3.63, 3.8) is 0 Å². The average Bonchev–Trinajstić information content (AvgIpc) is 3.32. The number of hydrogen-bond donors (Lipinski definition) is 3. The first-order chi connectivity index (χ1) is 32.5. The number of nitrogens with one attached hydrogen (secondary N) is 1. The van der Waals surface area contributed by atoms with E-state index in [-0.39, 0.29) is 18.5 Å². The summed E-state index contributed by atoms with van der Waals surface area (Å²) in [5.74, 6) is -0.0618. The number of hydrogen-bond acceptors (Lipinski definition) is 5. The fraction of sp³-hybridized carbons (Fsp3) is 0.867. The summed E-state index contributed by atoms with van der Waals surface area (Å²) in [4.78, 5) is 24.5. The lowest BCUT2D eigenvalue weighted by Gasteiger charge is -2.22. The van der Waals surface area contributed by atoms with Gasteiger partial charge in [0, 0.05) is 12.8 Å². The van der Waals surface area contributed by atoms with E-state index in [2.05, 4.69) is 55.6 Å². The predicted octanol–water partition coefficient (Wildman–Crippen LogP) is 18.0. The number of ether oxygens (including phenoxy) is 1. The molecule has 0 saturated heterocycles. The molecule has 0 aromatic rings. The van der Waals surface area contributed by atoms with E-state index < -0.39 is 12.1 Å². The van der Waals surface area contributed by atoms with Crippen molar-refractivity contribution in [2.45, 2.75) is 321 Å². The van der Waals surface area contributed by atoms with Crippen molar-refractivity contribution in [2.75, 3.05) is 13.2 Å². The fourth-order valence-electron chi connectivity index (χ4n) is 8.92. The predicted molar refractivity (Wildman–Crippen MR) is 287 cm³/mol. The molecule has 2 atom stereocenters. The Morgan fingerprint density at radius 1 is 0.424 bits per heavy atom. The van der Waals surface area contributed by atoms with Crippen LogP contribution in [0, 0.1) is 0 Å². The standard InChI is InChI=1S/C60H113NO5/c1-3-5-7-9-11-13-15-17-18-19-24-27-30-34-38-42-46-50-54-60(65)66-55-51-47-43-39-35-31-28-25-22-20-21-23-26-29-33-37-41-45-49-53-59(64)61-57(56-62)58(63)52-48-44-40-36-32-16-14-12-10-8-6-4-2/h18-19,25,28,31,35,57-58,62-63H,3-17,20-24,26-27,29-30,32-34,36-56H2,1-2H3,(H,61,64)/b19-18-,28-25-,35-31-. The SMILES string of the molecule is CCCCCCCCC/C=C\CCCCCCCCCC(=O)OCCCCC/C=C\C=C/CCCCCCCCCCCCC(=O)NC(CO)C(O)CCCCCCCCCCCCCC. The highest BCUT2D eigenvalue weighted by molar-refractivity contribution is 5.76. The van der Waals surface area contributed by atoms with Crippen LogP contribution in [0.3, 0.4) is 0 Å². The minimum Gasteiger partial charge on any atom is -0.466 e. The molecule has 0 aromatic carbocycles. The molecule has 0 rings (SSSR count). The molecule has 2 unspecified atom stereocenters. The topological polar surface area (TPSA) is 95.9 Å². The lowest BCUT2D eigenvalue weighted by atomic mass is 10.0. The van der Waals surface area contributed by atoms with E-state index in [0.29, 0.717) is 25.9 Å². The van der Waals surface area contributed by atoms with Crippen molar-refractivity contribution < 1.29 is 24.5 Å². The van der Waals surface area contributed by atoms with Gasteiger partial charge in [-0.05, 0) is 83.5 Å². The number of rotatable bonds is 54. The summed E-state index contributed by atoms with van der Waals surface area (Å²) >= 11 is 0. The molecule has 0 bridgehead atoms. The number of allylic oxidation sites excluding steroid dienone is 6. The largest absolute Gasteiger partial charge is 0.466 e. The van der Waals surface area contributed by atoms with Crippen molar-refractivity contribution in [1.82, 2.24) is 5.32 Å². The normalized spacial score (nSPS) is 12.8. The van der Waals surface area contributed by atoms with Crippen LogP contribution < -0.4 is 5.32 Å². The molecule has 0 heterocycles. The zero-order valence-corrected chi connectivity index (χ0v) is 44.2. The highest BCUT2D eigenvalue weighted by Crippen LogP contribution is 2.16. The Morgan fingerprint density at radius 2 is 0.758 bits per heavy atom. The van der Waals surface area contributed by atoms with E-state index in [1.165, 1.54) is 205 Å². The van der Waals surface area contributed by atoms with Gasteiger partial charge in [-0.15, -0.1) is 0 Å². The van der Waals surface area contributed by atoms with Crippen LogP contribution in [0.15, 0.2) is 36.5 Å². The minimum absolute atomic E-state index is 0.0164. The van der Waals surface area contributed by atoms with Crippen molar-refractivity contribution >= 4 is 11.9 Å². The van der Waals surface area contributed by atoms with Gasteiger partial charge in [-0.3, -0.25) is 9.59 Å². The van der Waals surface area contributed by atoms with Gasteiger partial charge in [0.1, 0.15) is 0 Å². The second-order valence-corrected chi connectivity index (χ2v) is 20.0. The molecule has 0 radical (unpaired) electrons. The van der Waals surface area contributed by atoms with E-state index in [1.54, 1.807) is 0 Å². The highest BCUT2D eigenvalue weighted by Gasteiger charge is 2.20. The third-order valence-corrected chi connectivity index (χ3v) is 13.4. The monoisotopic (exact) mass is 928 g/mol. The van der Waals surface area contributed by atoms with Crippen LogP contribution in [0.2, 0.25) is 0 Å². The minimum atomic E-state index is -0.670. The van der Waals surface area contributed by atoms with Gasteiger partial charge in [-0.1, -0.05) is 249 Å². The summed E-state index contributed by atoms with van der Waals surface area (Å²) in [5, 5.41) is 23.2. The van der Waals surface area contributed by atoms with Gasteiger partial charge < -0.3 is 20.3 Å². The Bertz CT molecular complexity index is 1070. The molecule has 6 nitrogen and oxygen atoms in total. The highest BCUT2D eigenvalue weighted by atomic mass is 16.5. The lowest BCUT2D eigenvalue weighted by molar-refractivity contribution is -0.143. The molecule has 3 N–H and O–H groups in total. The Kier molecular flexibility index (Phi) is 54.1. The van der Waals surface area contributed by atoms with Crippen LogP contribution in [0.5, 0.6) is 0 Å². The van der Waals surface area contributed by atoms with Gasteiger partial charge in [-0.2, -0.15) is 0 Å². The van der Waals surface area contributed by atoms with Crippen LogP contribution in [0.1, 0.15) is 309 Å². The molecular formula is C60H113NO5. The molecule has 6 heteroatoms. The van der Waals surface area contributed by atoms with Gasteiger partial charge in [0.25, 0.3) is 0 Å². The average molecular weight is 929 g/mol. The van der Waals surface area contributed by atoms with Gasteiger partial charge in [-0.25, -0.2) is 0 Å². The Hall–Kier alpha value is -1.92. The maximum absolute atomic E-state index is 12.4. The molecule has 0 spiro atoms. The molecule has 0 aliphatic rings. The van der Waals surface area contributed by atoms with Crippen molar-refractivity contribution in [3.8, 4) is 0 Å². The van der Waals surface area contributed by atoms with Gasteiger partial charge in [0.15, 0.2) is 0 Å². The zero-order chi connectivity index (χ0) is 47.9. The number of unbranched alkanes of at least 4 members (excludes halogenated alkanes) is 38. The quantitative estimate of drug-likeness (QED) is 0.0244. The number of carbonyl (C=O) groups is 2. The first kappa shape index (κ1) is 64.1. The molecule has 0 aliphatic heterocycles. The fourth-order valence-corrected chi connectivity index (χ4v) is 8.92. The maximum Gasteiger partial charge on any atom is 0.305 e. The van der Waals surface area contributed by atoms with Crippen molar-refractivity contribution in [2.24, 2.45) is 0 Å². The van der Waals surface area contributed by atoms with Gasteiger partial charge >= 0.3 is 5.97 Å². The lowest BCUT2D eigenvalue weighted by Crippen LogP contribution is -2.45. The smallest absolute Gasteiger partial charge is 0.305 e. The maximum atomic E-state index is 12.4. The van der Waals surface area contributed by atoms with Crippen molar-refractivity contribution in [1.29, 1.82) is 0 Å². The number of carbonyl (C=O) groups excluding carboxylic acids is 2. The summed E-state index contributed by atoms with van der Waals surface area (Å²) in [6.07, 6.45) is 68.5. The molecule has 1 amide bonds. The van der Waals surface area contributed by atoms with E-state index in [1.807, 2.05) is 0 Å². The molecule has 0 aliphatic carbocycles. The second kappa shape index (κ2) is 55.7. The third kappa shape index (κ3) is 51.5. The molecule has 0 fully saturated rings. The van der Waals surface area contributed by atoms with E-state index in [0.717, 1.165) is 70.6 Å². The van der Waals surface area contributed by atoms with Crippen LogP contribution in [-0.2, 0) is 14.3 Å². The van der Waals surface area contributed by atoms with E-state index >= 15 is 0 Å². The van der Waals surface area contributed by atoms with Gasteiger partial charge in [0.05, 0.1) is 25.4 Å². The first-order valence-corrected chi connectivity index (χ1v) is 29.3. The Labute approximate surface area is 411 Å². The summed E-state index contributed by atoms with van der Waals surface area (Å²) in [6.45, 7) is 4.91. The zero-order valence-electron chi connectivity index (χ0n) is 44.2. The molecule has 0 aromatic heterocycles. The molecule has 66 heavy (non-hydrogen) atoms. The van der Waals surface area contributed by atoms with Crippen LogP contribution in [0.25, 0.3) is 0 Å². The van der Waals surface area contributed by atoms with E-state index in [9.17, 15) is 19.8 Å². The summed E-state index contributed by atoms with van der Waals surface area (Å²) in [7, 11) is 0. The van der Waals surface area contributed by atoms with Crippen LogP contribution in [-0.4, -0.2) is 47.4 Å². The van der Waals surface area contributed by atoms with E-state index in [4.69, 9.17) is 4.74 Å². The molecular weight excluding hydrogens is 815 g/mol. The number of amides is 1. The second-order valence-electron chi connectivity index (χ2n) is 20.0. The van der Waals surface area contributed by atoms with Crippen molar-refractivity contribution in [3.05, 3.63) is 36.5 Å². The third-order valence-electron chi connectivity index (χ3n) is 13.4.